The number of esters is 1. The standard InChI is InChI=1S/C23H20N2O6S2/c1-3-30-22(29)19-13(2)24-23-25(20(19)16-8-5-9-32-16)21(28)17(33-23)11-14-6-4-7-15(10-14)31-12-18(26)27/h4-11,20H,3,12H2,1-2H3,(H,26,27)/b17-11+/t20-/m0/s1. The maximum Gasteiger partial charge on any atom is 0.341 e. The van der Waals surface area contributed by atoms with Gasteiger partial charge in [-0.1, -0.05) is 29.5 Å². The Morgan fingerprint density at radius 2 is 2.09 bits per heavy atom. The molecule has 33 heavy (non-hydrogen) atoms. The first-order valence-corrected chi connectivity index (χ1v) is 11.8. The number of carbonyl (C=O) groups excluding carboxylic acids is 1. The number of nitrogens with zero attached hydrogens (tertiary/aromatic N) is 2. The van der Waals surface area contributed by atoms with E-state index in [0.717, 1.165) is 4.88 Å². The summed E-state index contributed by atoms with van der Waals surface area (Å²) in [6.45, 7) is 3.24. The minimum Gasteiger partial charge on any atom is -0.482 e. The van der Waals surface area contributed by atoms with Gasteiger partial charge >= 0.3 is 11.9 Å². The van der Waals surface area contributed by atoms with E-state index in [1.165, 1.54) is 27.2 Å². The van der Waals surface area contributed by atoms with Crippen LogP contribution in [0.1, 0.15) is 30.3 Å². The van der Waals surface area contributed by atoms with E-state index in [1.807, 2.05) is 17.5 Å². The van der Waals surface area contributed by atoms with E-state index in [9.17, 15) is 14.4 Å². The number of carbonyl (C=O) groups is 2. The highest BCUT2D eigenvalue weighted by molar-refractivity contribution is 7.10. The molecule has 4 rings (SSSR count). The van der Waals surface area contributed by atoms with Crippen molar-refractivity contribution in [1.82, 2.24) is 4.57 Å². The molecule has 1 atom stereocenters. The fourth-order valence-corrected chi connectivity index (χ4v) is 5.37. The first-order valence-electron chi connectivity index (χ1n) is 10.1. The van der Waals surface area contributed by atoms with Gasteiger partial charge < -0.3 is 14.6 Å². The summed E-state index contributed by atoms with van der Waals surface area (Å²) in [4.78, 5) is 42.8. The molecule has 0 saturated carbocycles. The normalized spacial score (nSPS) is 15.7. The molecule has 0 saturated heterocycles. The van der Waals surface area contributed by atoms with Crippen molar-refractivity contribution in [3.8, 4) is 5.75 Å². The number of thiophene rings is 1. The fourth-order valence-electron chi connectivity index (χ4n) is 3.50. The van der Waals surface area contributed by atoms with Crippen molar-refractivity contribution in [1.29, 1.82) is 0 Å². The fraction of sp³-hybridized carbons (Fsp3) is 0.217. The molecule has 0 aliphatic carbocycles. The molecule has 8 nitrogen and oxygen atoms in total. The van der Waals surface area contributed by atoms with Crippen molar-refractivity contribution in [3.63, 3.8) is 0 Å². The summed E-state index contributed by atoms with van der Waals surface area (Å²) in [5, 5.41) is 10.7. The minimum atomic E-state index is -1.07. The summed E-state index contributed by atoms with van der Waals surface area (Å²) >= 11 is 2.68. The number of rotatable bonds is 7. The number of hydrogen-bond acceptors (Lipinski definition) is 8. The first kappa shape index (κ1) is 22.7. The van der Waals surface area contributed by atoms with Gasteiger partial charge in [-0.15, -0.1) is 11.3 Å². The molecule has 0 radical (unpaired) electrons. The molecule has 0 bridgehead atoms. The number of hydrogen-bond donors (Lipinski definition) is 1. The third-order valence-electron chi connectivity index (χ3n) is 4.85. The van der Waals surface area contributed by atoms with Crippen LogP contribution in [-0.2, 0) is 14.3 Å². The summed E-state index contributed by atoms with van der Waals surface area (Å²) < 4.78 is 12.5. The highest BCUT2D eigenvalue weighted by atomic mass is 32.1. The maximum atomic E-state index is 13.5. The van der Waals surface area contributed by atoms with Crippen LogP contribution in [-0.4, -0.2) is 34.8 Å². The topological polar surface area (TPSA) is 107 Å². The quantitative estimate of drug-likeness (QED) is 0.516. The lowest BCUT2D eigenvalue weighted by Gasteiger charge is -2.23. The maximum absolute atomic E-state index is 13.5. The van der Waals surface area contributed by atoms with E-state index in [2.05, 4.69) is 4.99 Å². The van der Waals surface area contributed by atoms with Crippen LogP contribution in [0, 0.1) is 0 Å². The smallest absolute Gasteiger partial charge is 0.341 e. The number of carboxylic acid groups (broad SMARTS) is 1. The molecule has 1 aromatic carbocycles. The van der Waals surface area contributed by atoms with Crippen molar-refractivity contribution >= 4 is 40.7 Å². The highest BCUT2D eigenvalue weighted by Gasteiger charge is 2.33. The molecular weight excluding hydrogens is 464 g/mol. The molecule has 3 aromatic rings. The van der Waals surface area contributed by atoms with E-state index in [-0.39, 0.29) is 12.2 Å². The molecule has 170 valence electrons. The average molecular weight is 485 g/mol. The zero-order valence-electron chi connectivity index (χ0n) is 17.8. The Bertz CT molecular complexity index is 1420. The summed E-state index contributed by atoms with van der Waals surface area (Å²) in [5.74, 6) is -1.18. The predicted octanol–water partition coefficient (Wildman–Crippen LogP) is 2.32. The minimum absolute atomic E-state index is 0.220. The van der Waals surface area contributed by atoms with Crippen molar-refractivity contribution in [3.05, 3.63) is 83.2 Å². The van der Waals surface area contributed by atoms with E-state index in [4.69, 9.17) is 14.6 Å². The van der Waals surface area contributed by atoms with Crippen LogP contribution >= 0.6 is 22.7 Å². The lowest BCUT2D eigenvalue weighted by molar-refractivity contribution is -0.140. The van der Waals surface area contributed by atoms with Crippen LogP contribution < -0.4 is 19.6 Å². The monoisotopic (exact) mass is 484 g/mol. The third kappa shape index (κ3) is 4.67. The number of aromatic nitrogens is 1. The van der Waals surface area contributed by atoms with Gasteiger partial charge in [0.15, 0.2) is 11.4 Å². The Hall–Kier alpha value is -3.50. The van der Waals surface area contributed by atoms with Gasteiger partial charge in [0, 0.05) is 4.88 Å². The molecule has 2 aromatic heterocycles. The van der Waals surface area contributed by atoms with Gasteiger partial charge in [0.1, 0.15) is 11.8 Å². The van der Waals surface area contributed by atoms with Crippen molar-refractivity contribution in [2.75, 3.05) is 13.2 Å². The lowest BCUT2D eigenvalue weighted by Crippen LogP contribution is -2.39. The molecule has 0 fully saturated rings. The summed E-state index contributed by atoms with van der Waals surface area (Å²) in [5.41, 5.74) is 1.27. The number of aliphatic carboxylic acids is 1. The van der Waals surface area contributed by atoms with Gasteiger partial charge in [0.05, 0.1) is 22.4 Å². The predicted molar refractivity (Wildman–Crippen MR) is 124 cm³/mol. The molecule has 1 N–H and O–H groups in total. The average Bonchev–Trinajstić information content (AvgIpc) is 3.41. The molecule has 3 heterocycles. The second kappa shape index (κ2) is 9.55. The lowest BCUT2D eigenvalue weighted by atomic mass is 10.0. The third-order valence-corrected chi connectivity index (χ3v) is 6.76. The highest BCUT2D eigenvalue weighted by Crippen LogP contribution is 2.33. The van der Waals surface area contributed by atoms with Gasteiger partial charge in [-0.2, -0.15) is 0 Å². The molecule has 1 aliphatic heterocycles. The van der Waals surface area contributed by atoms with Crippen molar-refractivity contribution in [2.24, 2.45) is 4.99 Å². The molecule has 0 unspecified atom stereocenters. The van der Waals surface area contributed by atoms with Gasteiger partial charge in [0.2, 0.25) is 0 Å². The number of allylic oxidation sites excluding steroid dienone is 1. The second-order valence-electron chi connectivity index (χ2n) is 7.07. The Balaban J connectivity index is 1.83. The summed E-state index contributed by atoms with van der Waals surface area (Å²) in [6, 6.07) is 9.95. The van der Waals surface area contributed by atoms with Crippen LogP contribution in [0.4, 0.5) is 0 Å². The summed E-state index contributed by atoms with van der Waals surface area (Å²) in [6.07, 6.45) is 1.70. The van der Waals surface area contributed by atoms with Crippen LogP contribution in [0.5, 0.6) is 5.75 Å². The molecule has 1 aliphatic rings. The summed E-state index contributed by atoms with van der Waals surface area (Å²) in [7, 11) is 0. The molecule has 0 spiro atoms. The molecule has 0 amide bonds. The molecule has 10 heteroatoms. The number of thiazole rings is 1. The zero-order valence-corrected chi connectivity index (χ0v) is 19.4. The number of benzene rings is 1. The Labute approximate surface area is 196 Å². The van der Waals surface area contributed by atoms with E-state index < -0.39 is 24.6 Å². The second-order valence-corrected chi connectivity index (χ2v) is 9.06. The Morgan fingerprint density at radius 3 is 2.79 bits per heavy atom. The van der Waals surface area contributed by atoms with Crippen molar-refractivity contribution in [2.45, 2.75) is 19.9 Å². The van der Waals surface area contributed by atoms with Crippen LogP contribution in [0.2, 0.25) is 0 Å². The van der Waals surface area contributed by atoms with Gasteiger partial charge in [0.25, 0.3) is 5.56 Å². The van der Waals surface area contributed by atoms with E-state index in [0.29, 0.717) is 31.9 Å². The first-order chi connectivity index (χ1) is 15.9. The van der Waals surface area contributed by atoms with Gasteiger partial charge in [-0.3, -0.25) is 9.36 Å². The number of carboxylic acids is 1. The largest absolute Gasteiger partial charge is 0.482 e. The van der Waals surface area contributed by atoms with Crippen LogP contribution in [0.25, 0.3) is 6.08 Å². The number of ether oxygens (including phenoxy) is 2. The van der Waals surface area contributed by atoms with Gasteiger partial charge in [-0.05, 0) is 49.1 Å². The Kier molecular flexibility index (Phi) is 6.57. The van der Waals surface area contributed by atoms with E-state index >= 15 is 0 Å². The SMILES string of the molecule is CCOC(=O)C1=C(C)N=c2s/c(=C/c3cccc(OCC(=O)O)c3)c(=O)n2[C@H]1c1cccs1. The molecular formula is C23H20N2O6S2. The number of fused-ring (bicyclic) bond motifs is 1. The van der Waals surface area contributed by atoms with Crippen LogP contribution in [0.3, 0.4) is 0 Å². The van der Waals surface area contributed by atoms with Crippen LogP contribution in [0.15, 0.2) is 62.8 Å². The Morgan fingerprint density at radius 1 is 1.27 bits per heavy atom. The van der Waals surface area contributed by atoms with Crippen molar-refractivity contribution < 1.29 is 24.2 Å². The zero-order chi connectivity index (χ0) is 23.5. The van der Waals surface area contributed by atoms with Gasteiger partial charge in [-0.25, -0.2) is 14.6 Å². The van der Waals surface area contributed by atoms with E-state index in [1.54, 1.807) is 44.2 Å².